The van der Waals surface area contributed by atoms with Crippen molar-refractivity contribution in [1.29, 1.82) is 0 Å². The Balaban J connectivity index is 2.27. The molecular formula is C7H8BrNO. The number of nitrogens with one attached hydrogen (secondary N) is 1. The van der Waals surface area contributed by atoms with Gasteiger partial charge in [0.1, 0.15) is 0 Å². The number of amides is 1. The van der Waals surface area contributed by atoms with Crippen molar-refractivity contribution in [2.75, 3.05) is 5.33 Å². The summed E-state index contributed by atoms with van der Waals surface area (Å²) in [5.41, 5.74) is 1.18. The van der Waals surface area contributed by atoms with E-state index < -0.39 is 0 Å². The molecule has 0 bridgehead atoms. The van der Waals surface area contributed by atoms with Gasteiger partial charge in [-0.1, -0.05) is 28.1 Å². The summed E-state index contributed by atoms with van der Waals surface area (Å²) in [5, 5.41) is 3.00. The molecule has 0 aliphatic heterocycles. The molecule has 0 fully saturated rings. The second kappa shape index (κ2) is 3.56. The molecule has 2 nitrogen and oxygen atoms in total. The molecule has 0 aromatic heterocycles. The van der Waals surface area contributed by atoms with Gasteiger partial charge in [0.05, 0.1) is 5.33 Å². The van der Waals surface area contributed by atoms with Gasteiger partial charge in [-0.05, 0) is 12.0 Å². The van der Waals surface area contributed by atoms with Crippen molar-refractivity contribution in [3.8, 4) is 0 Å². The first-order chi connectivity index (χ1) is 4.83. The lowest BCUT2D eigenvalue weighted by atomic mass is 10.1. The minimum atomic E-state index is -0.00667. The highest BCUT2D eigenvalue weighted by molar-refractivity contribution is 9.09. The lowest BCUT2D eigenvalue weighted by Crippen LogP contribution is -2.18. The molecule has 1 aliphatic rings. The summed E-state index contributed by atoms with van der Waals surface area (Å²) in [7, 11) is 0. The molecule has 0 atom stereocenters. The van der Waals surface area contributed by atoms with Gasteiger partial charge in [-0.2, -0.15) is 0 Å². The van der Waals surface area contributed by atoms with Crippen LogP contribution in [-0.2, 0) is 4.79 Å². The first kappa shape index (κ1) is 7.54. The Morgan fingerprint density at radius 2 is 2.60 bits per heavy atom. The van der Waals surface area contributed by atoms with Gasteiger partial charge in [0.25, 0.3) is 0 Å². The van der Waals surface area contributed by atoms with Crippen molar-refractivity contribution < 1.29 is 4.79 Å². The normalized spacial score (nSPS) is 18.7. The van der Waals surface area contributed by atoms with E-state index in [-0.39, 0.29) is 5.91 Å². The van der Waals surface area contributed by atoms with Crippen LogP contribution in [0.2, 0.25) is 0 Å². The number of halogens is 1. The van der Waals surface area contributed by atoms with Gasteiger partial charge in [-0.15, -0.1) is 0 Å². The molecule has 0 spiro atoms. The molecule has 0 aromatic rings. The second-order valence-electron chi connectivity index (χ2n) is 2.03. The number of alkyl halides is 1. The van der Waals surface area contributed by atoms with Gasteiger partial charge in [0.15, 0.2) is 0 Å². The Morgan fingerprint density at radius 1 is 1.90 bits per heavy atom. The average Bonchev–Trinajstić information content (AvgIpc) is 1.84. The fraction of sp³-hybridized carbons (Fsp3) is 0.286. The van der Waals surface area contributed by atoms with Crippen LogP contribution in [0.5, 0.6) is 0 Å². The first-order valence-electron chi connectivity index (χ1n) is 3.04. The fourth-order valence-electron chi connectivity index (χ4n) is 0.573. The van der Waals surface area contributed by atoms with Crippen LogP contribution in [0.4, 0.5) is 0 Å². The van der Waals surface area contributed by atoms with Gasteiger partial charge < -0.3 is 5.32 Å². The maximum absolute atomic E-state index is 10.6. The number of allylic oxidation sites excluding steroid dienone is 3. The topological polar surface area (TPSA) is 29.1 Å². The monoisotopic (exact) mass is 201 g/mol. The van der Waals surface area contributed by atoms with Crippen LogP contribution in [0.15, 0.2) is 23.9 Å². The molecule has 0 radical (unpaired) electrons. The van der Waals surface area contributed by atoms with E-state index in [1.54, 1.807) is 6.20 Å². The van der Waals surface area contributed by atoms with E-state index >= 15 is 0 Å². The molecule has 0 saturated carbocycles. The molecule has 10 heavy (non-hydrogen) atoms. The van der Waals surface area contributed by atoms with Crippen molar-refractivity contribution in [2.24, 2.45) is 0 Å². The quantitative estimate of drug-likeness (QED) is 0.672. The zero-order valence-corrected chi connectivity index (χ0v) is 7.02. The summed E-state index contributed by atoms with van der Waals surface area (Å²) in [5.74, 6) is -0.00667. The van der Waals surface area contributed by atoms with Gasteiger partial charge in [0, 0.05) is 6.20 Å². The lowest BCUT2D eigenvalue weighted by molar-refractivity contribution is -0.117. The molecular weight excluding hydrogens is 194 g/mol. The van der Waals surface area contributed by atoms with E-state index in [4.69, 9.17) is 0 Å². The number of carbonyl (C=O) groups excluding carboxylic acids is 1. The highest BCUT2D eigenvalue weighted by Gasteiger charge is 1.99. The number of hydrogen-bond donors (Lipinski definition) is 1. The summed E-state index contributed by atoms with van der Waals surface area (Å²) in [6.45, 7) is 0. The summed E-state index contributed by atoms with van der Waals surface area (Å²) in [6.07, 6.45) is 6.74. The molecule has 1 amide bonds. The zero-order chi connectivity index (χ0) is 7.40. The molecule has 0 unspecified atom stereocenters. The first-order valence-corrected chi connectivity index (χ1v) is 4.16. The Labute approximate surface area is 68.1 Å². The van der Waals surface area contributed by atoms with E-state index in [2.05, 4.69) is 21.2 Å². The van der Waals surface area contributed by atoms with E-state index in [0.717, 1.165) is 6.42 Å². The Morgan fingerprint density at radius 3 is 3.00 bits per heavy atom. The van der Waals surface area contributed by atoms with Crippen LogP contribution < -0.4 is 5.32 Å². The third-order valence-electron chi connectivity index (χ3n) is 1.23. The van der Waals surface area contributed by atoms with Crippen LogP contribution in [0.25, 0.3) is 0 Å². The third kappa shape index (κ3) is 1.99. The SMILES string of the molecule is O=C(CBr)N/C=C1/C=CC1. The summed E-state index contributed by atoms with van der Waals surface area (Å²) >= 11 is 3.05. The van der Waals surface area contributed by atoms with Crippen molar-refractivity contribution in [2.45, 2.75) is 6.42 Å². The largest absolute Gasteiger partial charge is 0.332 e. The third-order valence-corrected chi connectivity index (χ3v) is 1.73. The average molecular weight is 202 g/mol. The highest BCUT2D eigenvalue weighted by Crippen LogP contribution is 2.12. The lowest BCUT2D eigenvalue weighted by Gasteiger charge is -2.06. The van der Waals surface area contributed by atoms with Gasteiger partial charge in [-0.3, -0.25) is 4.79 Å². The Kier molecular flexibility index (Phi) is 2.68. The number of rotatable bonds is 2. The van der Waals surface area contributed by atoms with E-state index in [1.807, 2.05) is 12.2 Å². The van der Waals surface area contributed by atoms with Gasteiger partial charge in [-0.25, -0.2) is 0 Å². The predicted octanol–water partition coefficient (Wildman–Crippen LogP) is 1.34. The number of carbonyl (C=O) groups is 1. The van der Waals surface area contributed by atoms with Gasteiger partial charge >= 0.3 is 0 Å². The van der Waals surface area contributed by atoms with Crippen molar-refractivity contribution in [3.63, 3.8) is 0 Å². The van der Waals surface area contributed by atoms with Crippen LogP contribution in [-0.4, -0.2) is 11.2 Å². The maximum Gasteiger partial charge on any atom is 0.234 e. The predicted molar refractivity (Wildman–Crippen MR) is 43.8 cm³/mol. The van der Waals surface area contributed by atoms with Crippen LogP contribution in [0.1, 0.15) is 6.42 Å². The Hall–Kier alpha value is -0.570. The molecule has 0 saturated heterocycles. The van der Waals surface area contributed by atoms with E-state index in [1.165, 1.54) is 5.57 Å². The van der Waals surface area contributed by atoms with E-state index in [9.17, 15) is 4.79 Å². The Bertz CT molecular complexity index is 196. The van der Waals surface area contributed by atoms with Gasteiger partial charge in [0.2, 0.25) is 5.91 Å². The molecule has 1 rings (SSSR count). The summed E-state index contributed by atoms with van der Waals surface area (Å²) in [6, 6.07) is 0. The van der Waals surface area contributed by atoms with Crippen LogP contribution in [0, 0.1) is 0 Å². The molecule has 54 valence electrons. The van der Waals surface area contributed by atoms with Crippen molar-refractivity contribution in [1.82, 2.24) is 5.32 Å². The fourth-order valence-corrected chi connectivity index (χ4v) is 0.735. The zero-order valence-electron chi connectivity index (χ0n) is 5.43. The smallest absolute Gasteiger partial charge is 0.234 e. The molecule has 0 heterocycles. The van der Waals surface area contributed by atoms with Crippen LogP contribution >= 0.6 is 15.9 Å². The van der Waals surface area contributed by atoms with Crippen LogP contribution in [0.3, 0.4) is 0 Å². The van der Waals surface area contributed by atoms with E-state index in [0.29, 0.717) is 5.33 Å². The summed E-state index contributed by atoms with van der Waals surface area (Å²) in [4.78, 5) is 10.6. The highest BCUT2D eigenvalue weighted by atomic mass is 79.9. The molecule has 1 aliphatic carbocycles. The van der Waals surface area contributed by atoms with Crippen molar-refractivity contribution in [3.05, 3.63) is 23.9 Å². The van der Waals surface area contributed by atoms with Crippen molar-refractivity contribution >= 4 is 21.8 Å². The molecule has 0 aromatic carbocycles. The molecule has 1 N–H and O–H groups in total. The number of hydrogen-bond acceptors (Lipinski definition) is 1. The summed E-state index contributed by atoms with van der Waals surface area (Å²) < 4.78 is 0. The maximum atomic E-state index is 10.6. The molecule has 3 heteroatoms. The standard InChI is InChI=1S/C7H8BrNO/c8-4-7(10)9-5-6-2-1-3-6/h1-2,5H,3-4H2,(H,9,10)/b6-5-. The minimum Gasteiger partial charge on any atom is -0.332 e. The minimum absolute atomic E-state index is 0.00667. The second-order valence-corrected chi connectivity index (χ2v) is 2.59.